The van der Waals surface area contributed by atoms with Crippen molar-refractivity contribution in [2.75, 3.05) is 46.4 Å². The third-order valence-corrected chi connectivity index (χ3v) is 5.34. The van der Waals surface area contributed by atoms with Gasteiger partial charge in [-0.05, 0) is 42.7 Å². The van der Waals surface area contributed by atoms with Crippen molar-refractivity contribution in [3.8, 4) is 0 Å². The number of aromatic amines is 1. The van der Waals surface area contributed by atoms with Gasteiger partial charge in [0.2, 0.25) is 0 Å². The number of H-pyrrole nitrogens is 1. The molecule has 0 aliphatic carbocycles. The van der Waals surface area contributed by atoms with E-state index in [9.17, 15) is 4.79 Å². The van der Waals surface area contributed by atoms with Crippen molar-refractivity contribution in [1.29, 1.82) is 0 Å². The largest absolute Gasteiger partial charge is 0.370 e. The van der Waals surface area contributed by atoms with Crippen molar-refractivity contribution in [2.45, 2.75) is 13.5 Å². The second-order valence-electron chi connectivity index (χ2n) is 6.80. The van der Waals surface area contributed by atoms with Crippen LogP contribution in [0.5, 0.6) is 0 Å². The van der Waals surface area contributed by atoms with Gasteiger partial charge >= 0.3 is 0 Å². The van der Waals surface area contributed by atoms with E-state index in [4.69, 9.17) is 17.0 Å². The zero-order valence-electron chi connectivity index (χ0n) is 15.4. The maximum absolute atomic E-state index is 12.5. The summed E-state index contributed by atoms with van der Waals surface area (Å²) in [4.78, 5) is 19.1. The van der Waals surface area contributed by atoms with Gasteiger partial charge in [-0.15, -0.1) is 0 Å². The van der Waals surface area contributed by atoms with Crippen molar-refractivity contribution in [3.05, 3.63) is 45.7 Å². The Hall–Kier alpha value is -1.96. The molecular formula is C19H27N4O2S+. The summed E-state index contributed by atoms with van der Waals surface area (Å²) in [6.07, 6.45) is 0. The summed E-state index contributed by atoms with van der Waals surface area (Å²) >= 11 is 5.47. The Kier molecular flexibility index (Phi) is 6.24. The van der Waals surface area contributed by atoms with Crippen LogP contribution in [0.15, 0.2) is 29.1 Å². The van der Waals surface area contributed by atoms with Crippen LogP contribution in [0, 0.1) is 6.92 Å². The highest BCUT2D eigenvalue weighted by Crippen LogP contribution is 2.14. The van der Waals surface area contributed by atoms with E-state index in [0.717, 1.165) is 55.9 Å². The molecule has 1 aliphatic heterocycles. The fourth-order valence-corrected chi connectivity index (χ4v) is 3.46. The SMILES string of the molecule is CNC(=S)N(CC[NH+]1CCOCC1)Cc1cc2cc(C)ccc2[nH]c1=O. The van der Waals surface area contributed by atoms with E-state index in [2.05, 4.69) is 28.2 Å². The lowest BCUT2D eigenvalue weighted by atomic mass is 10.1. The second kappa shape index (κ2) is 8.62. The van der Waals surface area contributed by atoms with Crippen LogP contribution < -0.4 is 15.8 Å². The van der Waals surface area contributed by atoms with Gasteiger partial charge in [0.1, 0.15) is 13.1 Å². The molecular weight excluding hydrogens is 348 g/mol. The number of aromatic nitrogens is 1. The summed E-state index contributed by atoms with van der Waals surface area (Å²) in [5, 5.41) is 4.77. The highest BCUT2D eigenvalue weighted by Gasteiger charge is 2.18. The van der Waals surface area contributed by atoms with E-state index in [0.29, 0.717) is 11.7 Å². The van der Waals surface area contributed by atoms with Crippen molar-refractivity contribution >= 4 is 28.2 Å². The van der Waals surface area contributed by atoms with E-state index >= 15 is 0 Å². The fourth-order valence-electron chi connectivity index (χ4n) is 3.31. The van der Waals surface area contributed by atoms with Gasteiger partial charge in [0, 0.05) is 18.1 Å². The van der Waals surface area contributed by atoms with Crippen LogP contribution in [0.2, 0.25) is 0 Å². The zero-order valence-corrected chi connectivity index (χ0v) is 16.2. The molecule has 0 saturated carbocycles. The highest BCUT2D eigenvalue weighted by atomic mass is 32.1. The number of ether oxygens (including phenoxy) is 1. The number of quaternary nitrogens is 1. The molecule has 0 radical (unpaired) electrons. The fraction of sp³-hybridized carbons (Fsp3) is 0.474. The Balaban J connectivity index is 1.77. The second-order valence-corrected chi connectivity index (χ2v) is 7.19. The molecule has 0 unspecified atom stereocenters. The number of nitrogens with one attached hydrogen (secondary N) is 3. The molecule has 26 heavy (non-hydrogen) atoms. The van der Waals surface area contributed by atoms with Gasteiger partial charge in [0.25, 0.3) is 5.56 Å². The maximum Gasteiger partial charge on any atom is 0.253 e. The van der Waals surface area contributed by atoms with Crippen molar-refractivity contribution in [1.82, 2.24) is 15.2 Å². The average Bonchev–Trinajstić information content (AvgIpc) is 2.66. The number of rotatable bonds is 5. The Labute approximate surface area is 159 Å². The Bertz CT molecular complexity index is 830. The molecule has 1 aliphatic rings. The topological polar surface area (TPSA) is 61.8 Å². The van der Waals surface area contributed by atoms with Gasteiger partial charge < -0.3 is 24.8 Å². The molecule has 0 atom stereocenters. The van der Waals surface area contributed by atoms with Gasteiger partial charge in [-0.2, -0.15) is 0 Å². The third kappa shape index (κ3) is 4.60. The van der Waals surface area contributed by atoms with Crippen LogP contribution >= 0.6 is 12.2 Å². The summed E-state index contributed by atoms with van der Waals surface area (Å²) in [5.41, 5.74) is 2.72. The number of hydrogen-bond acceptors (Lipinski definition) is 3. The third-order valence-electron chi connectivity index (χ3n) is 4.87. The van der Waals surface area contributed by atoms with Crippen molar-refractivity contribution in [2.24, 2.45) is 0 Å². The van der Waals surface area contributed by atoms with E-state index < -0.39 is 0 Å². The van der Waals surface area contributed by atoms with E-state index in [1.54, 1.807) is 0 Å². The molecule has 1 aromatic carbocycles. The Morgan fingerprint density at radius 1 is 1.35 bits per heavy atom. The lowest BCUT2D eigenvalue weighted by Gasteiger charge is -2.29. The van der Waals surface area contributed by atoms with E-state index in [1.165, 1.54) is 10.5 Å². The number of aryl methyl sites for hydroxylation is 1. The molecule has 2 heterocycles. The summed E-state index contributed by atoms with van der Waals surface area (Å²) in [6, 6.07) is 8.03. The summed E-state index contributed by atoms with van der Waals surface area (Å²) < 4.78 is 5.42. The first-order valence-corrected chi connectivity index (χ1v) is 9.48. The number of fused-ring (bicyclic) bond motifs is 1. The highest BCUT2D eigenvalue weighted by molar-refractivity contribution is 7.80. The average molecular weight is 376 g/mol. The summed E-state index contributed by atoms with van der Waals surface area (Å²) in [7, 11) is 1.82. The Morgan fingerprint density at radius 3 is 2.85 bits per heavy atom. The smallest absolute Gasteiger partial charge is 0.253 e. The lowest BCUT2D eigenvalue weighted by molar-refractivity contribution is -0.907. The zero-order chi connectivity index (χ0) is 18.5. The summed E-state index contributed by atoms with van der Waals surface area (Å²) in [6.45, 7) is 8.02. The molecule has 1 fully saturated rings. The molecule has 2 aromatic rings. The first-order valence-electron chi connectivity index (χ1n) is 9.07. The first kappa shape index (κ1) is 18.8. The molecule has 140 valence electrons. The van der Waals surface area contributed by atoms with Gasteiger partial charge in [-0.3, -0.25) is 4.79 Å². The number of benzene rings is 1. The van der Waals surface area contributed by atoms with Crippen LogP contribution in [0.3, 0.4) is 0 Å². The number of thiocarbonyl (C=S) groups is 1. The van der Waals surface area contributed by atoms with E-state index in [-0.39, 0.29) is 5.56 Å². The first-order chi connectivity index (χ1) is 12.6. The van der Waals surface area contributed by atoms with E-state index in [1.807, 2.05) is 25.2 Å². The maximum atomic E-state index is 12.5. The minimum absolute atomic E-state index is 0.0519. The number of morpholine rings is 1. The van der Waals surface area contributed by atoms with Gasteiger partial charge in [-0.1, -0.05) is 11.6 Å². The molecule has 7 heteroatoms. The molecule has 1 saturated heterocycles. The van der Waals surface area contributed by atoms with Crippen LogP contribution in [0.4, 0.5) is 0 Å². The molecule has 3 N–H and O–H groups in total. The normalized spacial score (nSPS) is 15.2. The lowest BCUT2D eigenvalue weighted by Crippen LogP contribution is -3.14. The van der Waals surface area contributed by atoms with Crippen molar-refractivity contribution in [3.63, 3.8) is 0 Å². The Morgan fingerprint density at radius 2 is 2.12 bits per heavy atom. The van der Waals surface area contributed by atoms with Crippen molar-refractivity contribution < 1.29 is 9.64 Å². The number of pyridine rings is 1. The van der Waals surface area contributed by atoms with Gasteiger partial charge in [0.05, 0.1) is 32.8 Å². The standard InChI is InChI=1S/C19H26N4O2S/c1-14-3-4-17-15(11-14)12-16(18(24)21-17)13-23(19(26)20-2)6-5-22-7-9-25-10-8-22/h3-4,11-12H,5-10,13H2,1-2H3,(H,20,26)(H,21,24)/p+1. The quantitative estimate of drug-likeness (QED) is 0.645. The van der Waals surface area contributed by atoms with Crippen LogP contribution in [0.1, 0.15) is 11.1 Å². The predicted molar refractivity (Wildman–Crippen MR) is 108 cm³/mol. The number of nitrogens with zero attached hydrogens (tertiary/aromatic N) is 1. The molecule has 1 aromatic heterocycles. The van der Waals surface area contributed by atoms with Crippen LogP contribution in [0.25, 0.3) is 10.9 Å². The van der Waals surface area contributed by atoms with Crippen LogP contribution in [-0.4, -0.2) is 61.4 Å². The molecule has 6 nitrogen and oxygen atoms in total. The monoisotopic (exact) mass is 375 g/mol. The molecule has 0 bridgehead atoms. The minimum atomic E-state index is -0.0519. The minimum Gasteiger partial charge on any atom is -0.370 e. The predicted octanol–water partition coefficient (Wildman–Crippen LogP) is 0.0579. The molecule has 0 amide bonds. The van der Waals surface area contributed by atoms with Crippen LogP contribution in [-0.2, 0) is 11.3 Å². The number of hydrogen-bond donors (Lipinski definition) is 3. The van der Waals surface area contributed by atoms with Gasteiger partial charge in [0.15, 0.2) is 5.11 Å². The molecule has 3 rings (SSSR count). The molecule has 0 spiro atoms. The van der Waals surface area contributed by atoms with Gasteiger partial charge in [-0.25, -0.2) is 0 Å². The summed E-state index contributed by atoms with van der Waals surface area (Å²) in [5.74, 6) is 0.